The zero-order chi connectivity index (χ0) is 23.0. The van der Waals surface area contributed by atoms with E-state index in [4.69, 9.17) is 34.8 Å². The van der Waals surface area contributed by atoms with Crippen LogP contribution in [0.1, 0.15) is 5.69 Å². The number of aromatic nitrogens is 2. The maximum atomic E-state index is 12.8. The molecule has 2 heterocycles. The van der Waals surface area contributed by atoms with E-state index in [1.165, 1.54) is 22.7 Å². The molecule has 0 spiro atoms. The molecule has 4 aromatic rings. The summed E-state index contributed by atoms with van der Waals surface area (Å²) in [6, 6.07) is 14.2. The number of imidazole rings is 1. The molecule has 0 saturated heterocycles. The third kappa shape index (κ3) is 4.57. The van der Waals surface area contributed by atoms with Crippen LogP contribution in [-0.4, -0.2) is 22.7 Å². The molecule has 0 unspecified atom stereocenters. The monoisotopic (exact) mass is 527 g/mol. The predicted molar refractivity (Wildman–Crippen MR) is 125 cm³/mol. The summed E-state index contributed by atoms with van der Waals surface area (Å²) in [5.41, 5.74) is -0.0134. The van der Waals surface area contributed by atoms with Gasteiger partial charge in [0.15, 0.2) is 15.5 Å². The van der Waals surface area contributed by atoms with Crippen molar-refractivity contribution in [2.75, 3.05) is 0 Å². The van der Waals surface area contributed by atoms with Crippen molar-refractivity contribution < 1.29 is 13.3 Å². The number of nitro groups is 1. The van der Waals surface area contributed by atoms with Gasteiger partial charge < -0.3 is 10.1 Å². The van der Waals surface area contributed by atoms with Gasteiger partial charge in [0, 0.05) is 9.92 Å². The Bertz CT molecular complexity index is 1460. The molecule has 0 aliphatic rings. The Hall–Kier alpha value is -2.30. The highest BCUT2D eigenvalue weighted by molar-refractivity contribution is 7.99. The molecule has 0 amide bonds. The second kappa shape index (κ2) is 8.92. The SMILES string of the molecule is O=[N+]([O-])c1c(CS(=O)(=O)c2ccccc2)nc2c(Sc3cc(Cl)ccc3Cl)cc(Cl)cn12. The number of sulfone groups is 1. The third-order valence-corrected chi connectivity index (χ3v) is 8.02. The first-order valence-electron chi connectivity index (χ1n) is 8.91. The number of rotatable bonds is 6. The van der Waals surface area contributed by atoms with E-state index in [-0.39, 0.29) is 21.3 Å². The molecule has 0 radical (unpaired) electrons. The Morgan fingerprint density at radius 3 is 2.38 bits per heavy atom. The zero-order valence-electron chi connectivity index (χ0n) is 15.9. The van der Waals surface area contributed by atoms with Gasteiger partial charge in [-0.2, -0.15) is 4.40 Å². The van der Waals surface area contributed by atoms with Crippen molar-refractivity contribution in [3.8, 4) is 0 Å². The summed E-state index contributed by atoms with van der Waals surface area (Å²) in [5.74, 6) is -1.12. The first kappa shape index (κ1) is 22.9. The fraction of sp³-hybridized carbons (Fsp3) is 0.0500. The lowest BCUT2D eigenvalue weighted by Crippen LogP contribution is -2.07. The number of nitrogens with zero attached hydrogens (tertiary/aromatic N) is 3. The molecule has 4 rings (SSSR count). The predicted octanol–water partition coefficient (Wildman–Crippen LogP) is 6.33. The molecular weight excluding hydrogens is 517 g/mol. The van der Waals surface area contributed by atoms with Gasteiger partial charge in [-0.3, -0.25) is 0 Å². The Labute approximate surface area is 202 Å². The number of pyridine rings is 1. The van der Waals surface area contributed by atoms with Gasteiger partial charge in [-0.05, 0) is 41.3 Å². The van der Waals surface area contributed by atoms with Gasteiger partial charge in [-0.25, -0.2) is 13.4 Å². The van der Waals surface area contributed by atoms with Crippen molar-refractivity contribution in [3.05, 3.63) is 91.7 Å². The molecule has 164 valence electrons. The van der Waals surface area contributed by atoms with Gasteiger partial charge in [-0.15, -0.1) is 0 Å². The molecule has 0 aliphatic heterocycles. The number of hydrogen-bond donors (Lipinski definition) is 0. The second-order valence-electron chi connectivity index (χ2n) is 6.60. The third-order valence-electron chi connectivity index (χ3n) is 4.41. The molecule has 2 aromatic carbocycles. The largest absolute Gasteiger partial charge is 0.358 e. The fourth-order valence-electron chi connectivity index (χ4n) is 3.05. The standard InChI is InChI=1S/C20H12Cl3N3O4S2/c21-12-6-7-15(23)17(8-12)31-18-9-13(22)10-25-19(18)24-16(20(25)26(27)28)11-32(29,30)14-4-2-1-3-5-14/h1-10H,11H2. The van der Waals surface area contributed by atoms with E-state index in [0.717, 1.165) is 11.8 Å². The lowest BCUT2D eigenvalue weighted by molar-refractivity contribution is -0.391. The molecule has 0 atom stereocenters. The van der Waals surface area contributed by atoms with Crippen LogP contribution in [-0.2, 0) is 15.6 Å². The molecule has 0 fully saturated rings. The van der Waals surface area contributed by atoms with Crippen LogP contribution in [0, 0.1) is 10.1 Å². The van der Waals surface area contributed by atoms with Gasteiger partial charge in [0.05, 0.1) is 19.8 Å². The molecule has 7 nitrogen and oxygen atoms in total. The van der Waals surface area contributed by atoms with Crippen molar-refractivity contribution in [3.63, 3.8) is 0 Å². The number of benzene rings is 2. The number of hydrogen-bond acceptors (Lipinski definition) is 6. The van der Waals surface area contributed by atoms with Crippen LogP contribution in [0.25, 0.3) is 5.65 Å². The van der Waals surface area contributed by atoms with Gasteiger partial charge >= 0.3 is 5.82 Å². The Kier molecular flexibility index (Phi) is 6.37. The van der Waals surface area contributed by atoms with Gasteiger partial charge in [0.25, 0.3) is 0 Å². The van der Waals surface area contributed by atoms with E-state index >= 15 is 0 Å². The molecule has 32 heavy (non-hydrogen) atoms. The van der Waals surface area contributed by atoms with Gasteiger partial charge in [-0.1, -0.05) is 64.8 Å². The van der Waals surface area contributed by atoms with E-state index in [1.807, 2.05) is 0 Å². The first-order valence-corrected chi connectivity index (χ1v) is 12.5. The topological polar surface area (TPSA) is 94.6 Å². The van der Waals surface area contributed by atoms with Crippen molar-refractivity contribution in [1.82, 2.24) is 9.38 Å². The van der Waals surface area contributed by atoms with E-state index in [2.05, 4.69) is 4.98 Å². The Balaban J connectivity index is 1.87. The Morgan fingerprint density at radius 1 is 1.00 bits per heavy atom. The second-order valence-corrected chi connectivity index (χ2v) is 11.0. The number of halogens is 3. The maximum absolute atomic E-state index is 12.8. The number of fused-ring (bicyclic) bond motifs is 1. The van der Waals surface area contributed by atoms with Gasteiger partial charge in [0.2, 0.25) is 5.65 Å². The van der Waals surface area contributed by atoms with Crippen molar-refractivity contribution in [1.29, 1.82) is 0 Å². The maximum Gasteiger partial charge on any atom is 0.352 e. The minimum atomic E-state index is -3.87. The van der Waals surface area contributed by atoms with E-state index in [1.54, 1.807) is 42.5 Å². The first-order chi connectivity index (χ1) is 15.2. The Morgan fingerprint density at radius 2 is 1.69 bits per heavy atom. The van der Waals surface area contributed by atoms with Crippen molar-refractivity contribution in [2.24, 2.45) is 0 Å². The highest BCUT2D eigenvalue weighted by Gasteiger charge is 2.30. The smallest absolute Gasteiger partial charge is 0.352 e. The highest BCUT2D eigenvalue weighted by Crippen LogP contribution is 2.39. The average Bonchev–Trinajstić information content (AvgIpc) is 3.08. The van der Waals surface area contributed by atoms with Crippen LogP contribution in [0.5, 0.6) is 0 Å². The molecule has 0 N–H and O–H groups in total. The zero-order valence-corrected chi connectivity index (χ0v) is 19.8. The molecule has 0 saturated carbocycles. The van der Waals surface area contributed by atoms with Crippen LogP contribution < -0.4 is 0 Å². The van der Waals surface area contributed by atoms with E-state index in [9.17, 15) is 18.5 Å². The lowest BCUT2D eigenvalue weighted by atomic mass is 10.4. The highest BCUT2D eigenvalue weighted by atomic mass is 35.5. The average molecular weight is 529 g/mol. The van der Waals surface area contributed by atoms with Crippen LogP contribution >= 0.6 is 46.6 Å². The van der Waals surface area contributed by atoms with Crippen LogP contribution in [0.2, 0.25) is 15.1 Å². The molecule has 2 aromatic heterocycles. The normalized spacial score (nSPS) is 11.7. The van der Waals surface area contributed by atoms with Crippen molar-refractivity contribution >= 4 is 67.9 Å². The molecule has 12 heteroatoms. The summed E-state index contributed by atoms with van der Waals surface area (Å²) < 4.78 is 26.9. The molecule has 0 bridgehead atoms. The molecular formula is C20H12Cl3N3O4S2. The molecule has 0 aliphatic carbocycles. The van der Waals surface area contributed by atoms with E-state index in [0.29, 0.717) is 19.8 Å². The quantitative estimate of drug-likeness (QED) is 0.214. The van der Waals surface area contributed by atoms with Crippen molar-refractivity contribution in [2.45, 2.75) is 20.4 Å². The summed E-state index contributed by atoms with van der Waals surface area (Å²) in [7, 11) is -3.87. The minimum absolute atomic E-state index is 0.0460. The fourth-order valence-corrected chi connectivity index (χ4v) is 6.09. The summed E-state index contributed by atoms with van der Waals surface area (Å²) >= 11 is 19.7. The summed E-state index contributed by atoms with van der Waals surface area (Å²) in [4.78, 5) is 16.6. The van der Waals surface area contributed by atoms with Gasteiger partial charge in [0.1, 0.15) is 11.9 Å². The summed E-state index contributed by atoms with van der Waals surface area (Å²) in [5, 5.41) is 12.9. The van der Waals surface area contributed by atoms with Crippen LogP contribution in [0.4, 0.5) is 5.82 Å². The van der Waals surface area contributed by atoms with Crippen LogP contribution in [0.15, 0.2) is 75.5 Å². The summed E-state index contributed by atoms with van der Waals surface area (Å²) in [6.07, 6.45) is 1.32. The van der Waals surface area contributed by atoms with E-state index < -0.39 is 26.3 Å². The summed E-state index contributed by atoms with van der Waals surface area (Å²) in [6.45, 7) is 0. The van der Waals surface area contributed by atoms with Crippen LogP contribution in [0.3, 0.4) is 0 Å². The minimum Gasteiger partial charge on any atom is -0.358 e. The lowest BCUT2D eigenvalue weighted by Gasteiger charge is -2.05.